The van der Waals surface area contributed by atoms with Crippen molar-refractivity contribution in [3.8, 4) is 0 Å². The largest absolute Gasteiger partial charge is 0.435 e. The highest BCUT2D eigenvalue weighted by Gasteiger charge is 2.62. The molecule has 1 atom stereocenters. The number of carbonyl (C=O) groups excluding carboxylic acids is 1. The maximum Gasteiger partial charge on any atom is 0.435 e. The van der Waals surface area contributed by atoms with Gasteiger partial charge in [0.15, 0.2) is 0 Å². The number of nitrogens with zero attached hydrogens (tertiary/aromatic N) is 2. The number of oxime groups is 1. The predicted octanol–water partition coefficient (Wildman–Crippen LogP) is 6.43. The zero-order valence-corrected chi connectivity index (χ0v) is 21.0. The molecular formula is C24H18Br2F3N3O2. The summed E-state index contributed by atoms with van der Waals surface area (Å²) in [4.78, 5) is 21.9. The standard InChI is InChI=1S/C24H18Br2F3N3O2/c1-14-8-15(5-6-20(14)22(33)31-13-19-4-2-3-7-30-19)21-12-23(34-32-21,24(27,28)29)16-9-17(25)11-18(26)10-16/h2-11H,12-13H2,1H3,(H,31,33). The number of amides is 1. The fourth-order valence-corrected chi connectivity index (χ4v) is 5.01. The van der Waals surface area contributed by atoms with E-state index in [1.54, 1.807) is 49.5 Å². The molecule has 0 radical (unpaired) electrons. The quantitative estimate of drug-likeness (QED) is 0.369. The van der Waals surface area contributed by atoms with E-state index in [9.17, 15) is 18.0 Å². The van der Waals surface area contributed by atoms with Gasteiger partial charge >= 0.3 is 6.18 Å². The molecule has 3 aromatic rings. The second kappa shape index (κ2) is 9.50. The number of alkyl halides is 3. The summed E-state index contributed by atoms with van der Waals surface area (Å²) in [7, 11) is 0. The number of nitrogens with one attached hydrogen (secondary N) is 1. The van der Waals surface area contributed by atoms with Gasteiger partial charge in [-0.2, -0.15) is 13.2 Å². The van der Waals surface area contributed by atoms with Crippen LogP contribution in [0.4, 0.5) is 13.2 Å². The number of halogens is 5. The molecule has 0 aliphatic carbocycles. The summed E-state index contributed by atoms with van der Waals surface area (Å²) in [6.45, 7) is 1.98. The maximum absolute atomic E-state index is 14.2. The molecule has 1 amide bonds. The Kier molecular flexibility index (Phi) is 6.82. The zero-order valence-electron chi connectivity index (χ0n) is 17.8. The normalized spacial score (nSPS) is 17.8. The van der Waals surface area contributed by atoms with E-state index in [0.29, 0.717) is 31.3 Å². The molecule has 1 aliphatic rings. The van der Waals surface area contributed by atoms with Gasteiger partial charge in [0.2, 0.25) is 0 Å². The highest BCUT2D eigenvalue weighted by atomic mass is 79.9. The van der Waals surface area contributed by atoms with Crippen molar-refractivity contribution in [2.45, 2.75) is 31.7 Å². The number of pyridine rings is 1. The van der Waals surface area contributed by atoms with Crippen LogP contribution in [0.15, 0.2) is 74.9 Å². The lowest BCUT2D eigenvalue weighted by molar-refractivity contribution is -0.275. The molecule has 2 aromatic carbocycles. The van der Waals surface area contributed by atoms with Crippen molar-refractivity contribution in [1.29, 1.82) is 0 Å². The lowest BCUT2D eigenvalue weighted by Crippen LogP contribution is -2.42. The molecule has 1 aliphatic heterocycles. The highest BCUT2D eigenvalue weighted by molar-refractivity contribution is 9.11. The van der Waals surface area contributed by atoms with E-state index in [0.717, 1.165) is 0 Å². The van der Waals surface area contributed by atoms with E-state index in [-0.39, 0.29) is 23.7 Å². The molecule has 1 N–H and O–H groups in total. The van der Waals surface area contributed by atoms with E-state index >= 15 is 0 Å². The van der Waals surface area contributed by atoms with E-state index < -0.39 is 18.2 Å². The van der Waals surface area contributed by atoms with Gasteiger partial charge < -0.3 is 10.2 Å². The van der Waals surface area contributed by atoms with E-state index in [1.807, 2.05) is 6.07 Å². The summed E-state index contributed by atoms with van der Waals surface area (Å²) in [5.41, 5.74) is -0.338. The number of aromatic nitrogens is 1. The van der Waals surface area contributed by atoms with Crippen molar-refractivity contribution >= 4 is 43.5 Å². The third-order valence-corrected chi connectivity index (χ3v) is 6.39. The van der Waals surface area contributed by atoms with Crippen molar-refractivity contribution in [3.05, 3.63) is 97.7 Å². The molecule has 0 fully saturated rings. The molecular weight excluding hydrogens is 579 g/mol. The number of rotatable bonds is 5. The average Bonchev–Trinajstić information content (AvgIpc) is 3.25. The Morgan fingerprint density at radius 1 is 1.12 bits per heavy atom. The van der Waals surface area contributed by atoms with Gasteiger partial charge in [0.1, 0.15) is 0 Å². The minimum Gasteiger partial charge on any atom is -0.374 e. The molecule has 176 valence electrons. The van der Waals surface area contributed by atoms with Crippen LogP contribution in [-0.4, -0.2) is 22.8 Å². The summed E-state index contributed by atoms with van der Waals surface area (Å²) in [5, 5.41) is 6.61. The van der Waals surface area contributed by atoms with Crippen molar-refractivity contribution < 1.29 is 22.8 Å². The summed E-state index contributed by atoms with van der Waals surface area (Å²) in [6, 6.07) is 14.6. The number of aryl methyl sites for hydroxylation is 1. The maximum atomic E-state index is 14.2. The summed E-state index contributed by atoms with van der Waals surface area (Å²) in [5.74, 6) is -0.303. The Bertz CT molecular complexity index is 1250. The van der Waals surface area contributed by atoms with Crippen LogP contribution in [0.5, 0.6) is 0 Å². The Balaban J connectivity index is 1.56. The summed E-state index contributed by atoms with van der Waals surface area (Å²) < 4.78 is 43.7. The van der Waals surface area contributed by atoms with Crippen LogP contribution in [0.1, 0.15) is 39.2 Å². The van der Waals surface area contributed by atoms with Crippen LogP contribution in [0.25, 0.3) is 0 Å². The van der Waals surface area contributed by atoms with Gasteiger partial charge in [-0.15, -0.1) is 0 Å². The second-order valence-electron chi connectivity index (χ2n) is 7.82. The van der Waals surface area contributed by atoms with Gasteiger partial charge in [-0.25, -0.2) is 0 Å². The lowest BCUT2D eigenvalue weighted by Gasteiger charge is -2.29. The van der Waals surface area contributed by atoms with Crippen LogP contribution in [0.2, 0.25) is 0 Å². The fraction of sp³-hybridized carbons (Fsp3) is 0.208. The monoisotopic (exact) mass is 595 g/mol. The van der Waals surface area contributed by atoms with Crippen LogP contribution < -0.4 is 5.32 Å². The summed E-state index contributed by atoms with van der Waals surface area (Å²) in [6.07, 6.45) is -3.57. The Morgan fingerprint density at radius 3 is 2.47 bits per heavy atom. The topological polar surface area (TPSA) is 63.6 Å². The molecule has 2 heterocycles. The van der Waals surface area contributed by atoms with E-state index in [4.69, 9.17) is 4.84 Å². The zero-order chi connectivity index (χ0) is 24.5. The molecule has 0 saturated heterocycles. The molecule has 5 nitrogen and oxygen atoms in total. The SMILES string of the molecule is Cc1cc(C2=NOC(c3cc(Br)cc(Br)c3)(C(F)(F)F)C2)ccc1C(=O)NCc1ccccn1. The van der Waals surface area contributed by atoms with Gasteiger partial charge in [0.05, 0.1) is 18.0 Å². The van der Waals surface area contributed by atoms with E-state index in [2.05, 4.69) is 47.3 Å². The smallest absolute Gasteiger partial charge is 0.374 e. The van der Waals surface area contributed by atoms with E-state index in [1.165, 1.54) is 12.1 Å². The van der Waals surface area contributed by atoms with Crippen LogP contribution in [-0.2, 0) is 17.0 Å². The summed E-state index contributed by atoms with van der Waals surface area (Å²) >= 11 is 6.47. The van der Waals surface area contributed by atoms with Crippen molar-refractivity contribution in [3.63, 3.8) is 0 Å². The van der Waals surface area contributed by atoms with Crippen molar-refractivity contribution in [2.24, 2.45) is 5.16 Å². The molecule has 0 bridgehead atoms. The number of benzene rings is 2. The van der Waals surface area contributed by atoms with Crippen LogP contribution >= 0.6 is 31.9 Å². The number of hydrogen-bond donors (Lipinski definition) is 1. The fourth-order valence-electron chi connectivity index (χ4n) is 3.71. The Hall–Kier alpha value is -2.72. The molecule has 34 heavy (non-hydrogen) atoms. The lowest BCUT2D eigenvalue weighted by atomic mass is 9.86. The van der Waals surface area contributed by atoms with Crippen molar-refractivity contribution in [1.82, 2.24) is 10.3 Å². The third-order valence-electron chi connectivity index (χ3n) is 5.48. The Morgan fingerprint density at radius 2 is 1.85 bits per heavy atom. The minimum atomic E-state index is -4.71. The Labute approximate surface area is 210 Å². The highest BCUT2D eigenvalue weighted by Crippen LogP contribution is 2.49. The first-order chi connectivity index (χ1) is 16.1. The predicted molar refractivity (Wildman–Crippen MR) is 128 cm³/mol. The molecule has 10 heteroatoms. The first-order valence-electron chi connectivity index (χ1n) is 10.2. The first kappa shape index (κ1) is 24.4. The van der Waals surface area contributed by atoms with Gasteiger partial charge in [-0.1, -0.05) is 49.1 Å². The van der Waals surface area contributed by atoms with Gasteiger partial charge in [-0.05, 0) is 60.5 Å². The average molecular weight is 597 g/mol. The number of carbonyl (C=O) groups is 1. The third kappa shape index (κ3) is 4.88. The van der Waals surface area contributed by atoms with Crippen molar-refractivity contribution in [2.75, 3.05) is 0 Å². The van der Waals surface area contributed by atoms with Crippen LogP contribution in [0.3, 0.4) is 0 Å². The van der Waals surface area contributed by atoms with Crippen LogP contribution in [0, 0.1) is 6.92 Å². The first-order valence-corrected chi connectivity index (χ1v) is 11.8. The molecule has 1 aromatic heterocycles. The van der Waals surface area contributed by atoms with Gasteiger partial charge in [0, 0.05) is 32.7 Å². The minimum absolute atomic E-state index is 0.0674. The second-order valence-corrected chi connectivity index (χ2v) is 9.65. The number of hydrogen-bond acceptors (Lipinski definition) is 4. The molecule has 0 spiro atoms. The van der Waals surface area contributed by atoms with Gasteiger partial charge in [0.25, 0.3) is 11.5 Å². The van der Waals surface area contributed by atoms with Gasteiger partial charge in [-0.3, -0.25) is 9.78 Å². The molecule has 1 unspecified atom stereocenters. The molecule has 0 saturated carbocycles. The molecule has 4 rings (SSSR count).